The van der Waals surface area contributed by atoms with Crippen LogP contribution in [0.2, 0.25) is 0 Å². The number of nitrogens with one attached hydrogen (secondary N) is 1. The van der Waals surface area contributed by atoms with Gasteiger partial charge in [-0.1, -0.05) is 13.3 Å². The van der Waals surface area contributed by atoms with Crippen molar-refractivity contribution >= 4 is 10.3 Å². The van der Waals surface area contributed by atoms with E-state index < -0.39 is 10.3 Å². The molecule has 1 N–H and O–H groups in total. The second kappa shape index (κ2) is 6.39. The molecule has 0 aliphatic carbocycles. The van der Waals surface area contributed by atoms with Crippen LogP contribution >= 0.6 is 0 Å². The largest absolute Gasteiger partial charge is 1.00 e. The Morgan fingerprint density at radius 2 is 2.00 bits per heavy atom. The third-order valence-corrected chi connectivity index (χ3v) is 1.76. The Hall–Kier alpha value is 0.870. The molecule has 0 aromatic carbocycles. The van der Waals surface area contributed by atoms with E-state index in [9.17, 15) is 13.0 Å². The first kappa shape index (κ1) is 14.4. The first-order valence-electron chi connectivity index (χ1n) is 3.19. The molecule has 0 aromatic rings. The van der Waals surface area contributed by atoms with E-state index in [1.807, 2.05) is 11.6 Å². The van der Waals surface area contributed by atoms with Crippen molar-refractivity contribution in [3.63, 3.8) is 0 Å². The predicted octanol–water partition coefficient (Wildman–Crippen LogP) is -2.77. The van der Waals surface area contributed by atoms with E-state index in [1.165, 1.54) is 0 Å². The summed E-state index contributed by atoms with van der Waals surface area (Å²) in [5.74, 6) is 0. The topological polar surface area (TPSA) is 69.2 Å². The molecule has 0 amide bonds. The van der Waals surface area contributed by atoms with Crippen LogP contribution in [0.3, 0.4) is 0 Å². The summed E-state index contributed by atoms with van der Waals surface area (Å²) in [6, 6.07) is -0.243. The molecule has 0 aromatic heterocycles. The quantitative estimate of drug-likeness (QED) is 0.384. The fraction of sp³-hybridized carbons (Fsp3) is 1.00. The third-order valence-electron chi connectivity index (χ3n) is 1.07. The van der Waals surface area contributed by atoms with E-state index in [0.717, 1.165) is 6.42 Å². The summed E-state index contributed by atoms with van der Waals surface area (Å²) >= 11 is 0. The number of rotatable bonds is 4. The van der Waals surface area contributed by atoms with Crippen LogP contribution in [0, 0.1) is 0 Å². The van der Waals surface area contributed by atoms with E-state index in [2.05, 4.69) is 0 Å². The van der Waals surface area contributed by atoms with Gasteiger partial charge < -0.3 is 4.55 Å². The summed E-state index contributed by atoms with van der Waals surface area (Å²) in [6.07, 6.45) is 1.56. The van der Waals surface area contributed by atoms with Crippen LogP contribution in [-0.4, -0.2) is 19.0 Å². The maximum absolute atomic E-state index is 10.0. The van der Waals surface area contributed by atoms with E-state index in [1.54, 1.807) is 6.92 Å². The van der Waals surface area contributed by atoms with Crippen molar-refractivity contribution in [3.8, 4) is 0 Å². The van der Waals surface area contributed by atoms with Gasteiger partial charge in [0.1, 0.15) is 0 Å². The van der Waals surface area contributed by atoms with Crippen LogP contribution in [-0.2, 0) is 10.3 Å². The zero-order chi connectivity index (χ0) is 8.20. The van der Waals surface area contributed by atoms with E-state index in [4.69, 9.17) is 0 Å². The molecular weight excluding hydrogens is 177 g/mol. The first-order valence-corrected chi connectivity index (χ1v) is 4.59. The van der Waals surface area contributed by atoms with Crippen molar-refractivity contribution in [2.75, 3.05) is 0 Å². The second-order valence-electron chi connectivity index (χ2n) is 2.26. The molecule has 0 heterocycles. The van der Waals surface area contributed by atoms with Gasteiger partial charge in [0, 0.05) is 6.04 Å². The standard InChI is InChI=1S/C5H13NO3S.Na/c1-3-4-5(2)6-10(7,8)9;/h5-6H,3-4H2,1-2H3,(H,7,8,9);/q;+1/p-1. The molecular formula is C5H12NNaO3S. The molecule has 11 heavy (non-hydrogen) atoms. The molecule has 62 valence electrons. The molecule has 1 atom stereocenters. The van der Waals surface area contributed by atoms with E-state index >= 15 is 0 Å². The Kier molecular flexibility index (Phi) is 8.37. The molecule has 0 aliphatic heterocycles. The fourth-order valence-electron chi connectivity index (χ4n) is 0.738. The van der Waals surface area contributed by atoms with Crippen molar-refractivity contribution < 1.29 is 42.5 Å². The SMILES string of the molecule is CCCC(C)NS(=O)(=O)[O-].[Na+]. The summed E-state index contributed by atoms with van der Waals surface area (Å²) in [5.41, 5.74) is 0. The normalized spacial score (nSPS) is 13.7. The molecule has 1 unspecified atom stereocenters. The maximum atomic E-state index is 10.0. The molecule has 4 nitrogen and oxygen atoms in total. The molecule has 0 saturated carbocycles. The van der Waals surface area contributed by atoms with Crippen molar-refractivity contribution in [2.24, 2.45) is 0 Å². The Bertz CT molecular complexity index is 180. The van der Waals surface area contributed by atoms with Crippen LogP contribution in [0.4, 0.5) is 0 Å². The van der Waals surface area contributed by atoms with Gasteiger partial charge in [-0.25, -0.2) is 13.1 Å². The van der Waals surface area contributed by atoms with Gasteiger partial charge in [0.15, 0.2) is 10.3 Å². The van der Waals surface area contributed by atoms with Crippen LogP contribution in [0.1, 0.15) is 26.7 Å². The monoisotopic (exact) mass is 189 g/mol. The second-order valence-corrected chi connectivity index (χ2v) is 3.41. The summed E-state index contributed by atoms with van der Waals surface area (Å²) in [7, 11) is -4.25. The van der Waals surface area contributed by atoms with Gasteiger partial charge in [0.05, 0.1) is 0 Å². The molecule has 0 radical (unpaired) electrons. The van der Waals surface area contributed by atoms with Crippen molar-refractivity contribution in [1.29, 1.82) is 0 Å². The smallest absolute Gasteiger partial charge is 0.735 e. The number of hydrogen-bond donors (Lipinski definition) is 1. The Labute approximate surface area is 89.9 Å². The third kappa shape index (κ3) is 10.9. The van der Waals surface area contributed by atoms with Crippen LogP contribution in [0.5, 0.6) is 0 Å². The van der Waals surface area contributed by atoms with Gasteiger partial charge in [-0.05, 0) is 13.3 Å². The van der Waals surface area contributed by atoms with Gasteiger partial charge in [-0.2, -0.15) is 0 Å². The van der Waals surface area contributed by atoms with Gasteiger partial charge in [0.25, 0.3) is 0 Å². The van der Waals surface area contributed by atoms with E-state index in [0.29, 0.717) is 6.42 Å². The van der Waals surface area contributed by atoms with Gasteiger partial charge in [-0.15, -0.1) is 0 Å². The number of hydrogen-bond acceptors (Lipinski definition) is 3. The van der Waals surface area contributed by atoms with Gasteiger partial charge in [0.2, 0.25) is 0 Å². The predicted molar refractivity (Wildman–Crippen MR) is 37.2 cm³/mol. The Morgan fingerprint density at radius 3 is 2.27 bits per heavy atom. The minimum atomic E-state index is -4.25. The fourth-order valence-corrected chi connectivity index (χ4v) is 1.35. The average molecular weight is 189 g/mol. The summed E-state index contributed by atoms with van der Waals surface area (Å²) in [4.78, 5) is 0. The molecule has 0 bridgehead atoms. The van der Waals surface area contributed by atoms with Gasteiger partial charge >= 0.3 is 29.6 Å². The van der Waals surface area contributed by atoms with Crippen molar-refractivity contribution in [3.05, 3.63) is 0 Å². The zero-order valence-corrected chi connectivity index (χ0v) is 9.94. The van der Waals surface area contributed by atoms with Crippen molar-refractivity contribution in [1.82, 2.24) is 4.72 Å². The Balaban J connectivity index is 0. The first-order chi connectivity index (χ1) is 4.45. The summed E-state index contributed by atoms with van der Waals surface area (Å²) < 4.78 is 32.1. The molecule has 0 rings (SSSR count). The average Bonchev–Trinajstić information content (AvgIpc) is 1.59. The molecule has 0 aliphatic rings. The summed E-state index contributed by atoms with van der Waals surface area (Å²) in [6.45, 7) is 3.59. The van der Waals surface area contributed by atoms with Crippen LogP contribution in [0.25, 0.3) is 0 Å². The maximum Gasteiger partial charge on any atom is 1.00 e. The minimum Gasteiger partial charge on any atom is -0.735 e. The van der Waals surface area contributed by atoms with Crippen LogP contribution in [0.15, 0.2) is 0 Å². The molecule has 0 saturated heterocycles. The minimum absolute atomic E-state index is 0. The van der Waals surface area contributed by atoms with Crippen molar-refractivity contribution in [2.45, 2.75) is 32.7 Å². The van der Waals surface area contributed by atoms with Crippen LogP contribution < -0.4 is 34.3 Å². The van der Waals surface area contributed by atoms with E-state index in [-0.39, 0.29) is 35.6 Å². The Morgan fingerprint density at radius 1 is 1.55 bits per heavy atom. The molecule has 0 fully saturated rings. The summed E-state index contributed by atoms with van der Waals surface area (Å²) in [5, 5.41) is 0. The van der Waals surface area contributed by atoms with Gasteiger partial charge in [-0.3, -0.25) is 0 Å². The molecule has 0 spiro atoms. The molecule has 6 heteroatoms. The zero-order valence-electron chi connectivity index (χ0n) is 7.12.